The second kappa shape index (κ2) is 10.2. The number of hydrogen-bond acceptors (Lipinski definition) is 7. The first-order valence-corrected chi connectivity index (χ1v) is 14.1. The number of carbonyl (C=O) groups is 1. The Labute approximate surface area is 215 Å². The van der Waals surface area contributed by atoms with Crippen molar-refractivity contribution >= 4 is 26.8 Å². The van der Waals surface area contributed by atoms with Crippen LogP contribution in [0.5, 0.6) is 17.2 Å². The van der Waals surface area contributed by atoms with Crippen LogP contribution in [0.2, 0.25) is 0 Å². The van der Waals surface area contributed by atoms with Gasteiger partial charge in [-0.1, -0.05) is 19.1 Å². The van der Waals surface area contributed by atoms with Gasteiger partial charge >= 0.3 is 0 Å². The fourth-order valence-corrected chi connectivity index (χ4v) is 4.77. The number of nitrogens with one attached hydrogen (secondary N) is 1. The molecule has 10 heteroatoms. The van der Waals surface area contributed by atoms with E-state index in [2.05, 4.69) is 16.9 Å². The Hall–Kier alpha value is -3.92. The van der Waals surface area contributed by atoms with Crippen LogP contribution in [0, 0.1) is 0 Å². The van der Waals surface area contributed by atoms with Gasteiger partial charge in [0.05, 0.1) is 23.8 Å². The molecule has 37 heavy (non-hydrogen) atoms. The van der Waals surface area contributed by atoms with Gasteiger partial charge in [-0.05, 0) is 43.2 Å². The summed E-state index contributed by atoms with van der Waals surface area (Å²) in [5.41, 5.74) is 3.31. The number of H-pyrrole nitrogens is 1. The number of aromatic nitrogens is 3. The molecule has 1 saturated heterocycles. The molecular formula is C27H28N4O5S. The summed E-state index contributed by atoms with van der Waals surface area (Å²) in [7, 11) is -3.42. The summed E-state index contributed by atoms with van der Waals surface area (Å²) in [6.07, 6.45) is 4.81. The minimum absolute atomic E-state index is 0.0268. The number of amides is 1. The van der Waals surface area contributed by atoms with Crippen molar-refractivity contribution in [2.45, 2.75) is 37.8 Å². The van der Waals surface area contributed by atoms with Crippen LogP contribution < -0.4 is 9.47 Å². The molecule has 192 valence electrons. The number of pyridine rings is 1. The first kappa shape index (κ1) is 24.8. The average molecular weight is 521 g/mol. The summed E-state index contributed by atoms with van der Waals surface area (Å²) in [4.78, 5) is 26.2. The summed E-state index contributed by atoms with van der Waals surface area (Å²) in [5.74, 6) is 2.50. The van der Waals surface area contributed by atoms with Crippen LogP contribution in [0.4, 0.5) is 0 Å². The fourth-order valence-electron chi connectivity index (χ4n) is 4.21. The lowest BCUT2D eigenvalue weighted by Gasteiger charge is -2.19. The molecule has 3 heterocycles. The molecule has 2 aromatic heterocycles. The van der Waals surface area contributed by atoms with E-state index < -0.39 is 9.84 Å². The van der Waals surface area contributed by atoms with Gasteiger partial charge in [-0.2, -0.15) is 0 Å². The number of nitrogens with zero attached hydrogens (tertiary/aromatic N) is 3. The van der Waals surface area contributed by atoms with Crippen molar-refractivity contribution in [3.63, 3.8) is 0 Å². The van der Waals surface area contributed by atoms with Crippen LogP contribution >= 0.6 is 0 Å². The maximum absolute atomic E-state index is 12.3. The molecule has 1 aliphatic heterocycles. The van der Waals surface area contributed by atoms with Gasteiger partial charge in [0, 0.05) is 43.0 Å². The smallest absolute Gasteiger partial charge is 0.222 e. The van der Waals surface area contributed by atoms with Crippen LogP contribution in [0.15, 0.2) is 59.8 Å². The van der Waals surface area contributed by atoms with Crippen LogP contribution in [0.1, 0.15) is 31.7 Å². The lowest BCUT2D eigenvalue weighted by molar-refractivity contribution is -0.128. The van der Waals surface area contributed by atoms with Gasteiger partial charge in [0.2, 0.25) is 5.91 Å². The van der Waals surface area contributed by atoms with Gasteiger partial charge in [-0.15, -0.1) is 0 Å². The number of benzene rings is 2. The number of ether oxygens (including phenoxy) is 2. The van der Waals surface area contributed by atoms with Gasteiger partial charge in [0.25, 0.3) is 0 Å². The zero-order valence-electron chi connectivity index (χ0n) is 20.7. The van der Waals surface area contributed by atoms with E-state index >= 15 is 0 Å². The van der Waals surface area contributed by atoms with E-state index in [1.807, 2.05) is 41.3 Å². The monoisotopic (exact) mass is 520 g/mol. The molecule has 0 atom stereocenters. The second-order valence-corrected chi connectivity index (χ2v) is 11.0. The van der Waals surface area contributed by atoms with Crippen LogP contribution in [-0.4, -0.2) is 53.6 Å². The standard InChI is InChI=1S/C27H28N4O5S/c1-3-13-35-20-8-10-22-23(15-20)30-27(29-22)18-6-7-19(17-31-12-4-5-26(31)32)24(14-18)36-21-9-11-25(28-16-21)37(2,33)34/h6-11,14-16H,3-5,12-13,17H2,1-2H3,(H,29,30). The number of carbonyl (C=O) groups excluding carboxylic acids is 1. The summed E-state index contributed by atoms with van der Waals surface area (Å²) < 4.78 is 35.4. The summed E-state index contributed by atoms with van der Waals surface area (Å²) in [6, 6.07) is 14.5. The third-order valence-corrected chi connectivity index (χ3v) is 7.12. The predicted octanol–water partition coefficient (Wildman–Crippen LogP) is 4.73. The minimum Gasteiger partial charge on any atom is -0.494 e. The van der Waals surface area contributed by atoms with Crippen molar-refractivity contribution < 1.29 is 22.7 Å². The maximum Gasteiger partial charge on any atom is 0.222 e. The van der Waals surface area contributed by atoms with E-state index in [9.17, 15) is 13.2 Å². The highest BCUT2D eigenvalue weighted by Crippen LogP contribution is 2.33. The first-order chi connectivity index (χ1) is 17.8. The Kier molecular flexibility index (Phi) is 6.84. The molecule has 0 aliphatic carbocycles. The SMILES string of the molecule is CCCOc1ccc2nc(-c3ccc(CN4CCCC4=O)c(Oc4ccc(S(C)(=O)=O)nc4)c3)[nH]c2c1. The molecule has 9 nitrogen and oxygen atoms in total. The van der Waals surface area contributed by atoms with Crippen molar-refractivity contribution in [2.75, 3.05) is 19.4 Å². The number of rotatable bonds is 9. The third-order valence-electron chi connectivity index (χ3n) is 6.12. The average Bonchev–Trinajstić information content (AvgIpc) is 3.49. The Morgan fingerprint density at radius 1 is 1.08 bits per heavy atom. The largest absolute Gasteiger partial charge is 0.494 e. The zero-order valence-corrected chi connectivity index (χ0v) is 21.5. The zero-order chi connectivity index (χ0) is 26.0. The molecule has 5 rings (SSSR count). The van der Waals surface area contributed by atoms with Gasteiger partial charge in [-0.25, -0.2) is 18.4 Å². The van der Waals surface area contributed by atoms with E-state index in [0.29, 0.717) is 43.4 Å². The predicted molar refractivity (Wildman–Crippen MR) is 139 cm³/mol. The quantitative estimate of drug-likeness (QED) is 0.339. The molecule has 1 N–H and O–H groups in total. The number of aromatic amines is 1. The minimum atomic E-state index is -3.42. The van der Waals surface area contributed by atoms with Crippen molar-refractivity contribution in [3.05, 3.63) is 60.3 Å². The number of hydrogen-bond donors (Lipinski definition) is 1. The molecule has 2 aromatic carbocycles. The van der Waals surface area contributed by atoms with Crippen LogP contribution in [-0.2, 0) is 21.2 Å². The normalized spacial score (nSPS) is 13.9. The molecule has 4 aromatic rings. The molecule has 1 fully saturated rings. The highest BCUT2D eigenvalue weighted by molar-refractivity contribution is 7.90. The molecule has 0 bridgehead atoms. The molecule has 0 radical (unpaired) electrons. The van der Waals surface area contributed by atoms with Crippen molar-refractivity contribution in [2.24, 2.45) is 0 Å². The first-order valence-electron chi connectivity index (χ1n) is 12.2. The number of imidazole rings is 1. The van der Waals surface area contributed by atoms with Crippen LogP contribution in [0.3, 0.4) is 0 Å². The lowest BCUT2D eigenvalue weighted by Crippen LogP contribution is -2.24. The molecule has 1 amide bonds. The van der Waals surface area contributed by atoms with E-state index in [1.54, 1.807) is 6.07 Å². The second-order valence-electron chi connectivity index (χ2n) is 9.06. The van der Waals surface area contributed by atoms with E-state index in [4.69, 9.17) is 14.5 Å². The summed E-state index contributed by atoms with van der Waals surface area (Å²) in [6.45, 7) is 3.83. The maximum atomic E-state index is 12.3. The summed E-state index contributed by atoms with van der Waals surface area (Å²) >= 11 is 0. The van der Waals surface area contributed by atoms with E-state index in [-0.39, 0.29) is 10.9 Å². The topological polar surface area (TPSA) is 114 Å². The third kappa shape index (κ3) is 5.59. The van der Waals surface area contributed by atoms with Crippen molar-refractivity contribution in [1.29, 1.82) is 0 Å². The molecule has 1 aliphatic rings. The Morgan fingerprint density at radius 2 is 1.92 bits per heavy atom. The molecular weight excluding hydrogens is 492 g/mol. The Bertz CT molecular complexity index is 1550. The summed E-state index contributed by atoms with van der Waals surface area (Å²) in [5, 5.41) is -0.0268. The number of fused-ring (bicyclic) bond motifs is 1. The molecule has 0 spiro atoms. The van der Waals surface area contributed by atoms with Gasteiger partial charge in [0.15, 0.2) is 14.9 Å². The van der Waals surface area contributed by atoms with Gasteiger partial charge in [0.1, 0.15) is 23.1 Å². The van der Waals surface area contributed by atoms with Gasteiger partial charge < -0.3 is 19.4 Å². The number of sulfone groups is 1. The lowest BCUT2D eigenvalue weighted by atomic mass is 10.1. The number of likely N-dealkylation sites (tertiary alicyclic amines) is 1. The van der Waals surface area contributed by atoms with Crippen molar-refractivity contribution in [1.82, 2.24) is 19.9 Å². The fraction of sp³-hybridized carbons (Fsp3) is 0.296. The van der Waals surface area contributed by atoms with Crippen molar-refractivity contribution in [3.8, 4) is 28.6 Å². The molecule has 0 saturated carbocycles. The Morgan fingerprint density at radius 3 is 2.62 bits per heavy atom. The van der Waals surface area contributed by atoms with Gasteiger partial charge in [-0.3, -0.25) is 4.79 Å². The molecule has 0 unspecified atom stereocenters. The Balaban J connectivity index is 1.48. The van der Waals surface area contributed by atoms with E-state index in [0.717, 1.165) is 47.0 Å². The van der Waals surface area contributed by atoms with Crippen LogP contribution in [0.25, 0.3) is 22.4 Å². The van der Waals surface area contributed by atoms with E-state index in [1.165, 1.54) is 12.3 Å². The highest BCUT2D eigenvalue weighted by atomic mass is 32.2. The highest BCUT2D eigenvalue weighted by Gasteiger charge is 2.22.